The molecule has 0 atom stereocenters. The molecule has 1 amide bonds. The van der Waals surface area contributed by atoms with E-state index in [-0.39, 0.29) is 21.4 Å². The fourth-order valence-corrected chi connectivity index (χ4v) is 5.58. The zero-order valence-electron chi connectivity index (χ0n) is 20.4. The van der Waals surface area contributed by atoms with Gasteiger partial charge in [0.25, 0.3) is 15.9 Å². The van der Waals surface area contributed by atoms with Gasteiger partial charge in [-0.3, -0.25) is 14.4 Å². The van der Waals surface area contributed by atoms with Crippen LogP contribution in [0, 0.1) is 13.8 Å². The molecule has 1 saturated heterocycles. The highest BCUT2D eigenvalue weighted by Gasteiger charge is 2.21. The molecule has 1 fully saturated rings. The van der Waals surface area contributed by atoms with E-state index in [4.69, 9.17) is 16.3 Å². The Morgan fingerprint density at radius 2 is 1.72 bits per heavy atom. The van der Waals surface area contributed by atoms with Crippen LogP contribution >= 0.6 is 11.6 Å². The Labute approximate surface area is 217 Å². The number of benzene rings is 3. The first-order valence-corrected chi connectivity index (χ1v) is 13.6. The molecule has 0 aliphatic carbocycles. The summed E-state index contributed by atoms with van der Waals surface area (Å²) in [7, 11) is -3.99. The molecule has 0 bridgehead atoms. The molecule has 0 radical (unpaired) electrons. The van der Waals surface area contributed by atoms with Crippen LogP contribution in [-0.2, 0) is 27.8 Å². The predicted molar refractivity (Wildman–Crippen MR) is 142 cm³/mol. The lowest BCUT2D eigenvalue weighted by molar-refractivity contribution is 0.0342. The Kier molecular flexibility index (Phi) is 8.31. The van der Waals surface area contributed by atoms with Gasteiger partial charge in [-0.05, 0) is 66.4 Å². The van der Waals surface area contributed by atoms with E-state index in [0.29, 0.717) is 12.2 Å². The van der Waals surface area contributed by atoms with Crippen molar-refractivity contribution in [1.29, 1.82) is 0 Å². The summed E-state index contributed by atoms with van der Waals surface area (Å²) in [5.41, 5.74) is 4.79. The minimum atomic E-state index is -3.99. The van der Waals surface area contributed by atoms with Gasteiger partial charge in [-0.1, -0.05) is 41.9 Å². The number of nitrogens with zero attached hydrogens (tertiary/aromatic N) is 1. The lowest BCUT2D eigenvalue weighted by Crippen LogP contribution is -2.35. The molecule has 36 heavy (non-hydrogen) atoms. The molecule has 7 nitrogen and oxygen atoms in total. The maximum absolute atomic E-state index is 13.0. The average molecular weight is 528 g/mol. The quantitative estimate of drug-likeness (QED) is 0.450. The third-order valence-corrected chi connectivity index (χ3v) is 8.06. The lowest BCUT2D eigenvalue weighted by atomic mass is 10.1. The third kappa shape index (κ3) is 6.64. The van der Waals surface area contributed by atoms with Crippen molar-refractivity contribution < 1.29 is 17.9 Å². The Hall–Kier alpha value is -2.91. The number of morpholine rings is 1. The van der Waals surface area contributed by atoms with Gasteiger partial charge in [-0.15, -0.1) is 0 Å². The van der Waals surface area contributed by atoms with Gasteiger partial charge in [0.05, 0.1) is 18.2 Å². The molecule has 190 valence electrons. The van der Waals surface area contributed by atoms with Crippen molar-refractivity contribution in [3.05, 3.63) is 93.5 Å². The van der Waals surface area contributed by atoms with E-state index in [2.05, 4.69) is 27.1 Å². The summed E-state index contributed by atoms with van der Waals surface area (Å²) >= 11 is 6.22. The maximum Gasteiger partial charge on any atom is 0.263 e. The third-order valence-electron chi connectivity index (χ3n) is 6.20. The highest BCUT2D eigenvalue weighted by molar-refractivity contribution is 7.92. The summed E-state index contributed by atoms with van der Waals surface area (Å²) in [6.07, 6.45) is 0. The van der Waals surface area contributed by atoms with E-state index in [1.54, 1.807) is 12.1 Å². The van der Waals surface area contributed by atoms with Gasteiger partial charge in [0.15, 0.2) is 0 Å². The van der Waals surface area contributed by atoms with Gasteiger partial charge in [0.2, 0.25) is 0 Å². The fraction of sp³-hybridized carbons (Fsp3) is 0.296. The molecule has 9 heteroatoms. The van der Waals surface area contributed by atoms with Crippen LogP contribution in [0.3, 0.4) is 0 Å². The first-order valence-electron chi connectivity index (χ1n) is 11.8. The molecule has 0 saturated carbocycles. The van der Waals surface area contributed by atoms with Crippen LogP contribution in [0.2, 0.25) is 5.02 Å². The van der Waals surface area contributed by atoms with E-state index in [1.807, 2.05) is 32.0 Å². The summed E-state index contributed by atoms with van der Waals surface area (Å²) in [6, 6.07) is 17.6. The number of carbonyl (C=O) groups is 1. The second-order valence-electron chi connectivity index (χ2n) is 8.94. The summed E-state index contributed by atoms with van der Waals surface area (Å²) in [4.78, 5) is 15.0. The number of hydrogen-bond donors (Lipinski definition) is 2. The first kappa shape index (κ1) is 26.2. The molecule has 3 aromatic rings. The summed E-state index contributed by atoms with van der Waals surface area (Å²) < 4.78 is 34.0. The zero-order chi connectivity index (χ0) is 25.7. The molecule has 3 aromatic carbocycles. The maximum atomic E-state index is 13.0. The fourth-order valence-electron chi connectivity index (χ4n) is 4.01. The summed E-state index contributed by atoms with van der Waals surface area (Å²) in [6.45, 7) is 8.31. The summed E-state index contributed by atoms with van der Waals surface area (Å²) in [5.74, 6) is -0.382. The van der Waals surface area contributed by atoms with Crippen molar-refractivity contribution in [3.63, 3.8) is 0 Å². The van der Waals surface area contributed by atoms with Crippen molar-refractivity contribution >= 4 is 33.2 Å². The largest absolute Gasteiger partial charge is 0.379 e. The van der Waals surface area contributed by atoms with Crippen molar-refractivity contribution in [3.8, 4) is 0 Å². The Bertz CT molecular complexity index is 1350. The second kappa shape index (κ2) is 11.4. The molecule has 1 heterocycles. The number of ether oxygens (including phenoxy) is 1. The van der Waals surface area contributed by atoms with Crippen LogP contribution < -0.4 is 10.0 Å². The van der Waals surface area contributed by atoms with Gasteiger partial charge in [-0.25, -0.2) is 8.42 Å². The SMILES string of the molecule is Cc1ccc(NS(=O)(=O)c2cc(C(=O)NCc3cccc(CN4CCOCC4)c3)ccc2Cl)cc1C. The Morgan fingerprint density at radius 3 is 2.47 bits per heavy atom. The lowest BCUT2D eigenvalue weighted by Gasteiger charge is -2.26. The normalized spacial score (nSPS) is 14.4. The van der Waals surface area contributed by atoms with Gasteiger partial charge in [0, 0.05) is 37.4 Å². The smallest absolute Gasteiger partial charge is 0.263 e. The zero-order valence-corrected chi connectivity index (χ0v) is 22.0. The van der Waals surface area contributed by atoms with Crippen LogP contribution in [0.25, 0.3) is 0 Å². The molecule has 0 unspecified atom stereocenters. The number of aryl methyl sites for hydroxylation is 2. The van der Waals surface area contributed by atoms with E-state index < -0.39 is 10.0 Å². The number of hydrogen-bond acceptors (Lipinski definition) is 5. The number of sulfonamides is 1. The van der Waals surface area contributed by atoms with Crippen molar-refractivity contribution in [2.45, 2.75) is 31.8 Å². The van der Waals surface area contributed by atoms with Crippen LogP contribution in [0.15, 0.2) is 65.6 Å². The van der Waals surface area contributed by atoms with E-state index in [0.717, 1.165) is 49.5 Å². The van der Waals surface area contributed by atoms with Crippen LogP contribution in [0.5, 0.6) is 0 Å². The van der Waals surface area contributed by atoms with E-state index in [9.17, 15) is 13.2 Å². The molecular formula is C27H30ClN3O4S. The highest BCUT2D eigenvalue weighted by Crippen LogP contribution is 2.26. The first-order chi connectivity index (χ1) is 17.2. The molecule has 1 aliphatic heterocycles. The van der Waals surface area contributed by atoms with Crippen LogP contribution in [0.4, 0.5) is 5.69 Å². The second-order valence-corrected chi connectivity index (χ2v) is 11.0. The summed E-state index contributed by atoms with van der Waals surface area (Å²) in [5, 5.41) is 2.92. The topological polar surface area (TPSA) is 87.7 Å². The van der Waals surface area contributed by atoms with Crippen molar-refractivity contribution in [1.82, 2.24) is 10.2 Å². The number of amides is 1. The van der Waals surface area contributed by atoms with Crippen LogP contribution in [0.1, 0.15) is 32.6 Å². The molecular weight excluding hydrogens is 498 g/mol. The molecule has 1 aliphatic rings. The number of rotatable bonds is 8. The molecule has 0 spiro atoms. The van der Waals surface area contributed by atoms with Gasteiger partial charge in [-0.2, -0.15) is 0 Å². The number of halogens is 1. The van der Waals surface area contributed by atoms with Crippen molar-refractivity contribution in [2.24, 2.45) is 0 Å². The predicted octanol–water partition coefficient (Wildman–Crippen LogP) is 4.52. The monoisotopic (exact) mass is 527 g/mol. The minimum Gasteiger partial charge on any atom is -0.379 e. The molecule has 4 rings (SSSR count). The standard InChI is InChI=1S/C27H30ClN3O4S/c1-19-6-8-24(14-20(19)2)30-36(33,34)26-16-23(7-9-25(26)28)27(32)29-17-21-4-3-5-22(15-21)18-31-10-12-35-13-11-31/h3-9,14-16,30H,10-13,17-18H2,1-2H3,(H,29,32). The Morgan fingerprint density at radius 1 is 0.972 bits per heavy atom. The Balaban J connectivity index is 1.43. The van der Waals surface area contributed by atoms with Crippen molar-refractivity contribution in [2.75, 3.05) is 31.0 Å². The number of carbonyl (C=O) groups excluding carboxylic acids is 1. The van der Waals surface area contributed by atoms with Crippen LogP contribution in [-0.4, -0.2) is 45.5 Å². The van der Waals surface area contributed by atoms with Gasteiger partial charge < -0.3 is 10.1 Å². The number of anilines is 1. The average Bonchev–Trinajstić information content (AvgIpc) is 2.86. The highest BCUT2D eigenvalue weighted by atomic mass is 35.5. The molecule has 2 N–H and O–H groups in total. The van der Waals surface area contributed by atoms with E-state index in [1.165, 1.54) is 23.8 Å². The number of nitrogens with one attached hydrogen (secondary N) is 2. The molecule has 0 aromatic heterocycles. The van der Waals surface area contributed by atoms with E-state index >= 15 is 0 Å². The minimum absolute atomic E-state index is 0.0405. The van der Waals surface area contributed by atoms with Gasteiger partial charge in [0.1, 0.15) is 4.90 Å². The van der Waals surface area contributed by atoms with Gasteiger partial charge >= 0.3 is 0 Å².